The van der Waals surface area contributed by atoms with Crippen LogP contribution < -0.4 is 0 Å². The van der Waals surface area contributed by atoms with Crippen molar-refractivity contribution in [3.05, 3.63) is 64.9 Å². The Morgan fingerprint density at radius 3 is 2.53 bits per heavy atom. The van der Waals surface area contributed by atoms with Crippen molar-refractivity contribution in [2.45, 2.75) is 6.61 Å². The van der Waals surface area contributed by atoms with Crippen LogP contribution in [0.3, 0.4) is 0 Å². The van der Waals surface area contributed by atoms with E-state index < -0.39 is 0 Å². The highest BCUT2D eigenvalue weighted by atomic mass is 35.5. The van der Waals surface area contributed by atoms with Crippen LogP contribution in [0.1, 0.15) is 11.1 Å². The molecule has 4 heteroatoms. The maximum absolute atomic E-state index is 5.78. The topological polar surface area (TPSA) is 34.5 Å². The van der Waals surface area contributed by atoms with Crippen LogP contribution in [0.4, 0.5) is 0 Å². The molecule has 0 amide bonds. The second-order valence-corrected chi connectivity index (χ2v) is 3.85. The molecule has 86 valence electrons. The summed E-state index contributed by atoms with van der Waals surface area (Å²) in [5, 5.41) is 4.59. The van der Waals surface area contributed by atoms with Crippen molar-refractivity contribution < 1.29 is 4.84 Å². The summed E-state index contributed by atoms with van der Waals surface area (Å²) in [4.78, 5) is 9.08. The molecule has 0 aliphatic carbocycles. The predicted molar refractivity (Wildman–Crippen MR) is 68.1 cm³/mol. The number of aromatic nitrogens is 1. The zero-order valence-electron chi connectivity index (χ0n) is 9.08. The summed E-state index contributed by atoms with van der Waals surface area (Å²) < 4.78 is 0. The van der Waals surface area contributed by atoms with Gasteiger partial charge in [0, 0.05) is 17.4 Å². The smallest absolute Gasteiger partial charge is 0.142 e. The number of nitrogens with zero attached hydrogens (tertiary/aromatic N) is 2. The van der Waals surface area contributed by atoms with Crippen molar-refractivity contribution in [2.75, 3.05) is 0 Å². The molecule has 0 aliphatic rings. The Bertz CT molecular complexity index is 483. The number of rotatable bonds is 4. The lowest BCUT2D eigenvalue weighted by Gasteiger charge is -1.99. The first-order valence-electron chi connectivity index (χ1n) is 5.14. The average molecular weight is 247 g/mol. The molecule has 0 aliphatic heterocycles. The summed E-state index contributed by atoms with van der Waals surface area (Å²) in [5.41, 5.74) is 1.98. The van der Waals surface area contributed by atoms with E-state index in [0.717, 1.165) is 11.1 Å². The first-order chi connectivity index (χ1) is 8.34. The van der Waals surface area contributed by atoms with Crippen LogP contribution in [0, 0.1) is 0 Å². The Morgan fingerprint density at radius 1 is 1.12 bits per heavy atom. The lowest BCUT2D eigenvalue weighted by molar-refractivity contribution is 0.132. The van der Waals surface area contributed by atoms with E-state index in [0.29, 0.717) is 11.6 Å². The number of pyridine rings is 1. The average Bonchev–Trinajstić information content (AvgIpc) is 2.38. The molecule has 0 saturated carbocycles. The Hall–Kier alpha value is -1.87. The zero-order chi connectivity index (χ0) is 11.9. The molecule has 2 aromatic rings. The van der Waals surface area contributed by atoms with Gasteiger partial charge in [0.15, 0.2) is 0 Å². The van der Waals surface area contributed by atoms with E-state index >= 15 is 0 Å². The van der Waals surface area contributed by atoms with E-state index in [1.54, 1.807) is 18.6 Å². The van der Waals surface area contributed by atoms with Crippen LogP contribution in [0.2, 0.25) is 5.02 Å². The van der Waals surface area contributed by atoms with Crippen molar-refractivity contribution in [3.8, 4) is 0 Å². The van der Waals surface area contributed by atoms with Gasteiger partial charge in [0.05, 0.1) is 6.21 Å². The van der Waals surface area contributed by atoms with Gasteiger partial charge in [-0.3, -0.25) is 4.98 Å². The number of oxime groups is 1. The van der Waals surface area contributed by atoms with E-state index in [9.17, 15) is 0 Å². The number of halogens is 1. The highest BCUT2D eigenvalue weighted by Gasteiger charge is 1.92. The number of benzene rings is 1. The summed E-state index contributed by atoms with van der Waals surface area (Å²) >= 11 is 5.78. The fourth-order valence-corrected chi connectivity index (χ4v) is 1.37. The van der Waals surface area contributed by atoms with Gasteiger partial charge in [0.25, 0.3) is 0 Å². The Morgan fingerprint density at radius 2 is 1.82 bits per heavy atom. The maximum Gasteiger partial charge on any atom is 0.142 e. The SMILES string of the molecule is Clc1ccc(CO/N=C/c2ccncc2)cc1. The monoisotopic (exact) mass is 246 g/mol. The van der Waals surface area contributed by atoms with Crippen molar-refractivity contribution >= 4 is 17.8 Å². The molecule has 0 N–H and O–H groups in total. The molecule has 0 fully saturated rings. The van der Waals surface area contributed by atoms with Gasteiger partial charge in [-0.15, -0.1) is 0 Å². The van der Waals surface area contributed by atoms with Crippen LogP contribution in [-0.4, -0.2) is 11.2 Å². The quantitative estimate of drug-likeness (QED) is 0.613. The Balaban J connectivity index is 1.84. The van der Waals surface area contributed by atoms with E-state index in [2.05, 4.69) is 10.1 Å². The van der Waals surface area contributed by atoms with Crippen LogP contribution in [-0.2, 0) is 11.4 Å². The molecule has 1 aromatic heterocycles. The molecule has 1 aromatic carbocycles. The van der Waals surface area contributed by atoms with Gasteiger partial charge < -0.3 is 4.84 Å². The second kappa shape index (κ2) is 6.01. The summed E-state index contributed by atoms with van der Waals surface area (Å²) in [6, 6.07) is 11.2. The molecule has 0 atom stereocenters. The molecule has 3 nitrogen and oxygen atoms in total. The highest BCUT2D eigenvalue weighted by Crippen LogP contribution is 2.10. The van der Waals surface area contributed by atoms with Crippen LogP contribution in [0.5, 0.6) is 0 Å². The third kappa shape index (κ3) is 3.89. The fraction of sp³-hybridized carbons (Fsp3) is 0.0769. The zero-order valence-corrected chi connectivity index (χ0v) is 9.84. The summed E-state index contributed by atoms with van der Waals surface area (Å²) in [6.45, 7) is 0.429. The molecule has 0 saturated heterocycles. The Labute approximate surface area is 105 Å². The highest BCUT2D eigenvalue weighted by molar-refractivity contribution is 6.30. The van der Waals surface area contributed by atoms with Gasteiger partial charge in [0.2, 0.25) is 0 Å². The summed E-state index contributed by atoms with van der Waals surface area (Å²) in [7, 11) is 0. The predicted octanol–water partition coefficient (Wildman–Crippen LogP) is 3.29. The van der Waals surface area contributed by atoms with Crippen molar-refractivity contribution in [1.82, 2.24) is 4.98 Å². The Kier molecular flexibility index (Phi) is 4.11. The summed E-state index contributed by atoms with van der Waals surface area (Å²) in [6.07, 6.45) is 5.07. The van der Waals surface area contributed by atoms with Crippen molar-refractivity contribution in [3.63, 3.8) is 0 Å². The minimum absolute atomic E-state index is 0.429. The molecule has 0 bridgehead atoms. The molecule has 0 radical (unpaired) electrons. The minimum Gasteiger partial charge on any atom is -0.391 e. The van der Waals surface area contributed by atoms with E-state index in [1.165, 1.54) is 0 Å². The standard InChI is InChI=1S/C13H11ClN2O/c14-13-3-1-12(2-4-13)10-17-16-9-11-5-7-15-8-6-11/h1-9H,10H2/b16-9+. The maximum atomic E-state index is 5.78. The lowest BCUT2D eigenvalue weighted by Crippen LogP contribution is -1.88. The third-order valence-corrected chi connectivity index (χ3v) is 2.38. The molecule has 0 spiro atoms. The van der Waals surface area contributed by atoms with Crippen molar-refractivity contribution in [2.24, 2.45) is 5.16 Å². The number of hydrogen-bond donors (Lipinski definition) is 0. The van der Waals surface area contributed by atoms with Crippen LogP contribution in [0.25, 0.3) is 0 Å². The third-order valence-electron chi connectivity index (χ3n) is 2.13. The van der Waals surface area contributed by atoms with Crippen molar-refractivity contribution in [1.29, 1.82) is 0 Å². The normalized spacial score (nSPS) is 10.6. The molecule has 1 heterocycles. The first-order valence-corrected chi connectivity index (χ1v) is 5.52. The van der Waals surface area contributed by atoms with Gasteiger partial charge in [0.1, 0.15) is 6.61 Å². The molecular formula is C13H11ClN2O. The van der Waals surface area contributed by atoms with Crippen LogP contribution in [0.15, 0.2) is 53.9 Å². The first kappa shape index (κ1) is 11.6. The van der Waals surface area contributed by atoms with E-state index in [-0.39, 0.29) is 0 Å². The van der Waals surface area contributed by atoms with Gasteiger partial charge in [-0.25, -0.2) is 0 Å². The molecule has 0 unspecified atom stereocenters. The largest absolute Gasteiger partial charge is 0.391 e. The van der Waals surface area contributed by atoms with Crippen LogP contribution >= 0.6 is 11.6 Å². The van der Waals surface area contributed by atoms with E-state index in [4.69, 9.17) is 16.4 Å². The van der Waals surface area contributed by atoms with Gasteiger partial charge >= 0.3 is 0 Å². The van der Waals surface area contributed by atoms with Gasteiger partial charge in [-0.1, -0.05) is 28.9 Å². The number of hydrogen-bond acceptors (Lipinski definition) is 3. The second-order valence-electron chi connectivity index (χ2n) is 3.41. The minimum atomic E-state index is 0.429. The van der Waals surface area contributed by atoms with Gasteiger partial charge in [-0.05, 0) is 35.4 Å². The summed E-state index contributed by atoms with van der Waals surface area (Å²) in [5.74, 6) is 0. The lowest BCUT2D eigenvalue weighted by atomic mass is 10.2. The molecule has 2 rings (SSSR count). The molecular weight excluding hydrogens is 236 g/mol. The fourth-order valence-electron chi connectivity index (χ4n) is 1.24. The molecule has 17 heavy (non-hydrogen) atoms. The van der Waals surface area contributed by atoms with Gasteiger partial charge in [-0.2, -0.15) is 0 Å². The van der Waals surface area contributed by atoms with E-state index in [1.807, 2.05) is 36.4 Å².